The number of halogens is 2. The normalized spacial score (nSPS) is 19.3. The van der Waals surface area contributed by atoms with E-state index < -0.39 is 33.7 Å². The molecule has 14 heteroatoms. The third-order valence-corrected chi connectivity index (χ3v) is 7.84. The summed E-state index contributed by atoms with van der Waals surface area (Å²) in [5.74, 6) is -0.956. The molecule has 1 aromatic carbocycles. The highest BCUT2D eigenvalue weighted by Gasteiger charge is 2.43. The van der Waals surface area contributed by atoms with Gasteiger partial charge in [-0.2, -0.15) is 12.7 Å². The number of carboxylic acid groups (broad SMARTS) is 1. The molecule has 33 heavy (non-hydrogen) atoms. The highest BCUT2D eigenvalue weighted by Crippen LogP contribution is 2.33. The van der Waals surface area contributed by atoms with Crippen molar-refractivity contribution in [1.29, 1.82) is 0 Å². The van der Waals surface area contributed by atoms with Gasteiger partial charge in [-0.1, -0.05) is 23.2 Å². The van der Waals surface area contributed by atoms with Gasteiger partial charge in [0.05, 0.1) is 22.0 Å². The third kappa shape index (κ3) is 5.18. The van der Waals surface area contributed by atoms with E-state index in [1.165, 1.54) is 11.8 Å². The molecule has 1 saturated heterocycles. The summed E-state index contributed by atoms with van der Waals surface area (Å²) in [6.07, 6.45) is -1.33. The number of carbonyl (C=O) groups excluding carboxylic acids is 2. The quantitative estimate of drug-likeness (QED) is 0.456. The van der Waals surface area contributed by atoms with Gasteiger partial charge in [0, 0.05) is 38.1 Å². The average molecular weight is 520 g/mol. The molecule has 4 N–H and O–H groups in total. The van der Waals surface area contributed by atoms with Crippen molar-refractivity contribution in [3.05, 3.63) is 33.9 Å². The predicted octanol–water partition coefficient (Wildman–Crippen LogP) is 1.70. The van der Waals surface area contributed by atoms with Gasteiger partial charge in [0.1, 0.15) is 5.69 Å². The van der Waals surface area contributed by atoms with Gasteiger partial charge >= 0.3 is 16.3 Å². The van der Waals surface area contributed by atoms with Gasteiger partial charge in [-0.3, -0.25) is 9.59 Å². The standard InChI is InChI=1S/C19H23Cl2N5O6S/c1-22-15(27)9-19(6-3-7-26(10-19)33(31,32)24-18(29)30)23-17(28)14-8-11-13(25(14)2)5-4-12(20)16(11)21/h4-5,8,24H,3,6-7,9-10H2,1-2H3,(H,22,27)(H,23,28)(H,29,30). The summed E-state index contributed by atoms with van der Waals surface area (Å²) in [6.45, 7) is -0.249. The molecular weight excluding hydrogens is 497 g/mol. The number of aryl methyl sites for hydroxylation is 1. The van der Waals surface area contributed by atoms with Gasteiger partial charge in [0.15, 0.2) is 0 Å². The average Bonchev–Trinajstić information content (AvgIpc) is 3.07. The first-order valence-electron chi connectivity index (χ1n) is 9.86. The zero-order valence-corrected chi connectivity index (χ0v) is 20.1. The predicted molar refractivity (Wildman–Crippen MR) is 123 cm³/mol. The monoisotopic (exact) mass is 519 g/mol. The molecule has 0 spiro atoms. The van der Waals surface area contributed by atoms with Crippen LogP contribution < -0.4 is 15.4 Å². The minimum Gasteiger partial charge on any atom is -0.464 e. The Morgan fingerprint density at radius 1 is 1.24 bits per heavy atom. The Morgan fingerprint density at radius 2 is 1.94 bits per heavy atom. The number of hydrogen-bond acceptors (Lipinski definition) is 5. The summed E-state index contributed by atoms with van der Waals surface area (Å²) in [5.41, 5.74) is -0.372. The van der Waals surface area contributed by atoms with Crippen LogP contribution in [0.3, 0.4) is 0 Å². The van der Waals surface area contributed by atoms with Crippen molar-refractivity contribution in [1.82, 2.24) is 24.2 Å². The largest absolute Gasteiger partial charge is 0.464 e. The van der Waals surface area contributed by atoms with E-state index >= 15 is 0 Å². The maximum Gasteiger partial charge on any atom is 0.419 e. The molecule has 3 amide bonds. The second-order valence-electron chi connectivity index (χ2n) is 7.82. The molecule has 11 nitrogen and oxygen atoms in total. The Morgan fingerprint density at radius 3 is 2.58 bits per heavy atom. The van der Waals surface area contributed by atoms with E-state index in [0.29, 0.717) is 33.8 Å². The number of nitrogens with zero attached hydrogens (tertiary/aromatic N) is 2. The van der Waals surface area contributed by atoms with Crippen LogP contribution in [-0.4, -0.2) is 66.0 Å². The van der Waals surface area contributed by atoms with Crippen LogP contribution in [0.25, 0.3) is 10.9 Å². The Hall–Kier alpha value is -2.54. The molecule has 2 heterocycles. The second kappa shape index (κ2) is 9.37. The van der Waals surface area contributed by atoms with Crippen molar-refractivity contribution < 1.29 is 27.9 Å². The Kier molecular flexibility index (Phi) is 7.13. The van der Waals surface area contributed by atoms with E-state index in [1.807, 2.05) is 0 Å². The van der Waals surface area contributed by atoms with Crippen molar-refractivity contribution in [2.45, 2.75) is 24.8 Å². The van der Waals surface area contributed by atoms with Crippen molar-refractivity contribution in [3.63, 3.8) is 0 Å². The summed E-state index contributed by atoms with van der Waals surface area (Å²) >= 11 is 12.4. The van der Waals surface area contributed by atoms with Crippen LogP contribution in [-0.2, 0) is 22.1 Å². The zero-order valence-electron chi connectivity index (χ0n) is 17.8. The zero-order chi connectivity index (χ0) is 24.6. The van der Waals surface area contributed by atoms with Gasteiger partial charge in [-0.05, 0) is 31.0 Å². The molecule has 0 saturated carbocycles. The lowest BCUT2D eigenvalue weighted by Crippen LogP contribution is -2.62. The number of carbonyl (C=O) groups is 3. The Balaban J connectivity index is 1.96. The summed E-state index contributed by atoms with van der Waals surface area (Å²) in [4.78, 5) is 36.4. The molecule has 2 aromatic rings. The van der Waals surface area contributed by atoms with Crippen molar-refractivity contribution >= 4 is 62.2 Å². The molecule has 1 unspecified atom stereocenters. The first kappa shape index (κ1) is 25.1. The van der Waals surface area contributed by atoms with E-state index in [1.54, 1.807) is 29.8 Å². The fourth-order valence-corrected chi connectivity index (χ4v) is 5.54. The van der Waals surface area contributed by atoms with Gasteiger partial charge in [0.25, 0.3) is 5.91 Å². The molecule has 1 aromatic heterocycles. The van der Waals surface area contributed by atoms with Crippen LogP contribution in [0.15, 0.2) is 18.2 Å². The van der Waals surface area contributed by atoms with E-state index in [0.717, 1.165) is 4.31 Å². The van der Waals surface area contributed by atoms with Crippen molar-refractivity contribution in [2.24, 2.45) is 7.05 Å². The van der Waals surface area contributed by atoms with Crippen LogP contribution >= 0.6 is 23.2 Å². The number of benzene rings is 1. The summed E-state index contributed by atoms with van der Waals surface area (Å²) in [7, 11) is -1.28. The van der Waals surface area contributed by atoms with Crippen molar-refractivity contribution in [3.8, 4) is 0 Å². The van der Waals surface area contributed by atoms with Crippen LogP contribution in [0.2, 0.25) is 10.0 Å². The van der Waals surface area contributed by atoms with Crippen LogP contribution in [0.1, 0.15) is 29.8 Å². The first-order chi connectivity index (χ1) is 15.4. The van der Waals surface area contributed by atoms with Crippen molar-refractivity contribution in [2.75, 3.05) is 20.1 Å². The molecule has 1 aliphatic rings. The Bertz CT molecular complexity index is 1230. The molecule has 180 valence electrons. The number of nitrogens with one attached hydrogen (secondary N) is 3. The minimum atomic E-state index is -4.37. The summed E-state index contributed by atoms with van der Waals surface area (Å²) in [6, 6.07) is 4.89. The van der Waals surface area contributed by atoms with E-state index in [2.05, 4.69) is 10.6 Å². The van der Waals surface area contributed by atoms with Gasteiger partial charge in [-0.15, -0.1) is 0 Å². The highest BCUT2D eigenvalue weighted by molar-refractivity contribution is 7.87. The maximum absolute atomic E-state index is 13.3. The fraction of sp³-hybridized carbons (Fsp3) is 0.421. The molecule has 3 rings (SSSR count). The molecule has 1 atom stereocenters. The second-order valence-corrected chi connectivity index (χ2v) is 10.3. The molecule has 1 aliphatic heterocycles. The molecular formula is C19H23Cl2N5O6S. The number of rotatable bonds is 6. The van der Waals surface area contributed by atoms with Gasteiger partial charge in [-0.25, -0.2) is 9.52 Å². The Labute approximate surface area is 200 Å². The highest BCUT2D eigenvalue weighted by atomic mass is 35.5. The topological polar surface area (TPSA) is 150 Å². The number of piperidine rings is 1. The smallest absolute Gasteiger partial charge is 0.419 e. The minimum absolute atomic E-state index is 0.0378. The molecule has 0 aliphatic carbocycles. The lowest BCUT2D eigenvalue weighted by atomic mass is 9.86. The number of aromatic nitrogens is 1. The van der Waals surface area contributed by atoms with E-state index in [-0.39, 0.29) is 25.2 Å². The van der Waals surface area contributed by atoms with Gasteiger partial charge < -0.3 is 20.3 Å². The number of amides is 3. The van der Waals surface area contributed by atoms with E-state index in [9.17, 15) is 22.8 Å². The SMILES string of the molecule is CNC(=O)CC1(NC(=O)c2cc3c(Cl)c(Cl)ccc3n2C)CCCN(S(=O)(=O)NC(=O)O)C1. The molecule has 0 radical (unpaired) electrons. The summed E-state index contributed by atoms with van der Waals surface area (Å²) < 4.78 is 28.9. The van der Waals surface area contributed by atoms with E-state index in [4.69, 9.17) is 28.3 Å². The number of hydrogen-bond donors (Lipinski definition) is 4. The maximum atomic E-state index is 13.3. The lowest BCUT2D eigenvalue weighted by molar-refractivity contribution is -0.122. The number of fused-ring (bicyclic) bond motifs is 1. The van der Waals surface area contributed by atoms with Crippen LogP contribution in [0.4, 0.5) is 4.79 Å². The van der Waals surface area contributed by atoms with Gasteiger partial charge in [0.2, 0.25) is 5.91 Å². The van der Waals surface area contributed by atoms with Crippen LogP contribution in [0.5, 0.6) is 0 Å². The lowest BCUT2D eigenvalue weighted by Gasteiger charge is -2.42. The molecule has 1 fully saturated rings. The first-order valence-corrected chi connectivity index (χ1v) is 12.1. The molecule has 0 bridgehead atoms. The third-order valence-electron chi connectivity index (χ3n) is 5.60. The van der Waals surface area contributed by atoms with Crippen LogP contribution in [0, 0.1) is 0 Å². The fourth-order valence-electron chi connectivity index (χ4n) is 4.03. The summed E-state index contributed by atoms with van der Waals surface area (Å²) in [5, 5.41) is 15.3.